The fourth-order valence-electron chi connectivity index (χ4n) is 3.12. The highest BCUT2D eigenvalue weighted by molar-refractivity contribution is 5.71. The molecule has 0 aliphatic carbocycles. The van der Waals surface area contributed by atoms with Crippen LogP contribution in [0.25, 0.3) is 0 Å². The highest BCUT2D eigenvalue weighted by Gasteiger charge is 2.13. The molecule has 3 aromatic rings. The van der Waals surface area contributed by atoms with E-state index in [2.05, 4.69) is 53.8 Å². The first kappa shape index (κ1) is 18.9. The van der Waals surface area contributed by atoms with E-state index in [1.54, 1.807) is 0 Å². The van der Waals surface area contributed by atoms with E-state index >= 15 is 0 Å². The predicted molar refractivity (Wildman–Crippen MR) is 108 cm³/mol. The number of esters is 1. The summed E-state index contributed by atoms with van der Waals surface area (Å²) in [5, 5.41) is 3.22. The van der Waals surface area contributed by atoms with Crippen LogP contribution < -0.4 is 5.32 Å². The van der Waals surface area contributed by atoms with E-state index in [-0.39, 0.29) is 12.5 Å². The van der Waals surface area contributed by atoms with Crippen molar-refractivity contribution in [3.63, 3.8) is 0 Å². The molecular weight excluding hydrogens is 334 g/mol. The zero-order valence-corrected chi connectivity index (χ0v) is 15.4. The van der Waals surface area contributed by atoms with Crippen LogP contribution in [-0.2, 0) is 16.1 Å². The second-order valence-electron chi connectivity index (χ2n) is 6.49. The number of nitrogens with one attached hydrogen (secondary N) is 1. The van der Waals surface area contributed by atoms with Crippen molar-refractivity contribution in [1.82, 2.24) is 5.32 Å². The van der Waals surface area contributed by atoms with Gasteiger partial charge in [0.1, 0.15) is 6.61 Å². The predicted octanol–water partition coefficient (Wildman–Crippen LogP) is 4.54. The second-order valence-corrected chi connectivity index (χ2v) is 6.49. The lowest BCUT2D eigenvalue weighted by Crippen LogP contribution is -2.26. The number of benzene rings is 3. The van der Waals surface area contributed by atoms with E-state index in [9.17, 15) is 4.79 Å². The van der Waals surface area contributed by atoms with E-state index in [0.29, 0.717) is 12.5 Å². The number of rotatable bonds is 9. The highest BCUT2D eigenvalue weighted by Crippen LogP contribution is 2.27. The SMILES string of the molecule is O=C(CNCCC(c1ccccc1)c1ccccc1)OCc1ccccc1. The molecular formula is C24H25NO2. The molecule has 3 aromatic carbocycles. The summed E-state index contributed by atoms with van der Waals surface area (Å²) in [7, 11) is 0. The number of carbonyl (C=O) groups excluding carboxylic acids is 1. The molecule has 0 aromatic heterocycles. The van der Waals surface area contributed by atoms with Gasteiger partial charge in [-0.15, -0.1) is 0 Å². The molecule has 27 heavy (non-hydrogen) atoms. The van der Waals surface area contributed by atoms with Gasteiger partial charge in [-0.25, -0.2) is 0 Å². The van der Waals surface area contributed by atoms with Crippen LogP contribution in [0.2, 0.25) is 0 Å². The van der Waals surface area contributed by atoms with Crippen molar-refractivity contribution >= 4 is 5.97 Å². The van der Waals surface area contributed by atoms with Crippen molar-refractivity contribution in [2.75, 3.05) is 13.1 Å². The van der Waals surface area contributed by atoms with Crippen LogP contribution in [0.15, 0.2) is 91.0 Å². The van der Waals surface area contributed by atoms with Crippen molar-refractivity contribution in [1.29, 1.82) is 0 Å². The molecule has 3 rings (SSSR count). The molecule has 3 heteroatoms. The van der Waals surface area contributed by atoms with Gasteiger partial charge in [-0.1, -0.05) is 91.0 Å². The summed E-state index contributed by atoms with van der Waals surface area (Å²) >= 11 is 0. The van der Waals surface area contributed by atoms with E-state index in [0.717, 1.165) is 18.5 Å². The van der Waals surface area contributed by atoms with Gasteiger partial charge >= 0.3 is 5.97 Å². The van der Waals surface area contributed by atoms with Gasteiger partial charge in [-0.2, -0.15) is 0 Å². The topological polar surface area (TPSA) is 38.3 Å². The van der Waals surface area contributed by atoms with Crippen LogP contribution >= 0.6 is 0 Å². The molecule has 0 heterocycles. The van der Waals surface area contributed by atoms with Crippen LogP contribution in [0.5, 0.6) is 0 Å². The Balaban J connectivity index is 1.47. The van der Waals surface area contributed by atoms with Gasteiger partial charge < -0.3 is 10.1 Å². The zero-order valence-electron chi connectivity index (χ0n) is 15.4. The van der Waals surface area contributed by atoms with E-state index in [1.807, 2.05) is 42.5 Å². The standard InChI is InChI=1S/C24H25NO2/c26-24(27-19-20-10-4-1-5-11-20)18-25-17-16-23(21-12-6-2-7-13-21)22-14-8-3-9-15-22/h1-15,23,25H,16-19H2. The fourth-order valence-corrected chi connectivity index (χ4v) is 3.12. The molecule has 138 valence electrons. The molecule has 0 saturated carbocycles. The Labute approximate surface area is 161 Å². The molecule has 0 spiro atoms. The third-order valence-electron chi connectivity index (χ3n) is 4.53. The van der Waals surface area contributed by atoms with Gasteiger partial charge in [0.25, 0.3) is 0 Å². The quantitative estimate of drug-likeness (QED) is 0.450. The number of hydrogen-bond acceptors (Lipinski definition) is 3. The minimum absolute atomic E-state index is 0.225. The van der Waals surface area contributed by atoms with Crippen LogP contribution in [-0.4, -0.2) is 19.1 Å². The molecule has 0 unspecified atom stereocenters. The van der Waals surface area contributed by atoms with Gasteiger partial charge in [0, 0.05) is 5.92 Å². The fraction of sp³-hybridized carbons (Fsp3) is 0.208. The summed E-state index contributed by atoms with van der Waals surface area (Å²) in [6.07, 6.45) is 0.917. The lowest BCUT2D eigenvalue weighted by Gasteiger charge is -2.18. The maximum atomic E-state index is 11.9. The Morgan fingerprint density at radius 2 is 1.30 bits per heavy atom. The molecule has 0 atom stereocenters. The average molecular weight is 359 g/mol. The van der Waals surface area contributed by atoms with Gasteiger partial charge in [0.05, 0.1) is 6.54 Å². The number of carbonyl (C=O) groups is 1. The molecule has 0 saturated heterocycles. The molecule has 0 radical (unpaired) electrons. The molecule has 0 fully saturated rings. The maximum absolute atomic E-state index is 11.9. The van der Waals surface area contributed by atoms with Crippen molar-refractivity contribution in [2.24, 2.45) is 0 Å². The molecule has 3 nitrogen and oxygen atoms in total. The van der Waals surface area contributed by atoms with Crippen LogP contribution in [0.3, 0.4) is 0 Å². The second kappa shape index (κ2) is 10.3. The summed E-state index contributed by atoms with van der Waals surface area (Å²) in [5.74, 6) is 0.0788. The summed E-state index contributed by atoms with van der Waals surface area (Å²) in [4.78, 5) is 11.9. The monoisotopic (exact) mass is 359 g/mol. The third-order valence-corrected chi connectivity index (χ3v) is 4.53. The van der Waals surface area contributed by atoms with Crippen LogP contribution in [0.4, 0.5) is 0 Å². The first-order valence-corrected chi connectivity index (χ1v) is 9.33. The smallest absolute Gasteiger partial charge is 0.320 e. The minimum atomic E-state index is -0.227. The largest absolute Gasteiger partial charge is 0.460 e. The Bertz CT molecular complexity index is 764. The summed E-state index contributed by atoms with van der Waals surface area (Å²) in [5.41, 5.74) is 3.58. The molecule has 0 bridgehead atoms. The van der Waals surface area contributed by atoms with Gasteiger partial charge in [0.2, 0.25) is 0 Å². The summed E-state index contributed by atoms with van der Waals surface area (Å²) < 4.78 is 5.30. The van der Waals surface area contributed by atoms with Crippen molar-refractivity contribution < 1.29 is 9.53 Å². The number of hydrogen-bond donors (Lipinski definition) is 1. The zero-order chi connectivity index (χ0) is 18.7. The Kier molecular flexibility index (Phi) is 7.19. The first-order chi connectivity index (χ1) is 13.3. The van der Waals surface area contributed by atoms with Crippen molar-refractivity contribution in [3.8, 4) is 0 Å². The minimum Gasteiger partial charge on any atom is -0.460 e. The van der Waals surface area contributed by atoms with Crippen molar-refractivity contribution in [3.05, 3.63) is 108 Å². The van der Waals surface area contributed by atoms with Crippen LogP contribution in [0.1, 0.15) is 29.0 Å². The molecule has 0 amide bonds. The van der Waals surface area contributed by atoms with Gasteiger partial charge in [0.15, 0.2) is 0 Å². The summed E-state index contributed by atoms with van der Waals surface area (Å²) in [6.45, 7) is 1.29. The number of ether oxygens (including phenoxy) is 1. The van der Waals surface area contributed by atoms with E-state index in [1.165, 1.54) is 11.1 Å². The molecule has 0 aliphatic heterocycles. The average Bonchev–Trinajstić information content (AvgIpc) is 2.74. The van der Waals surface area contributed by atoms with E-state index < -0.39 is 0 Å². The third kappa shape index (κ3) is 6.08. The van der Waals surface area contributed by atoms with Gasteiger partial charge in [-0.3, -0.25) is 4.79 Å². The highest BCUT2D eigenvalue weighted by atomic mass is 16.5. The molecule has 0 aliphatic rings. The normalized spacial score (nSPS) is 10.7. The lowest BCUT2D eigenvalue weighted by molar-refractivity contribution is -0.143. The van der Waals surface area contributed by atoms with Gasteiger partial charge in [-0.05, 0) is 29.7 Å². The Morgan fingerprint density at radius 3 is 1.85 bits per heavy atom. The maximum Gasteiger partial charge on any atom is 0.320 e. The Morgan fingerprint density at radius 1 is 0.778 bits per heavy atom. The van der Waals surface area contributed by atoms with Crippen molar-refractivity contribution in [2.45, 2.75) is 18.9 Å². The van der Waals surface area contributed by atoms with Crippen LogP contribution in [0, 0.1) is 0 Å². The Hall–Kier alpha value is -2.91. The molecule has 1 N–H and O–H groups in total. The lowest BCUT2D eigenvalue weighted by atomic mass is 9.88. The first-order valence-electron chi connectivity index (χ1n) is 9.33. The van der Waals surface area contributed by atoms with E-state index in [4.69, 9.17) is 4.74 Å². The summed E-state index contributed by atoms with van der Waals surface area (Å²) in [6, 6.07) is 30.7.